The van der Waals surface area contributed by atoms with Crippen molar-refractivity contribution in [3.05, 3.63) is 35.7 Å². The molecule has 0 bridgehead atoms. The van der Waals surface area contributed by atoms with Crippen molar-refractivity contribution in [2.24, 2.45) is 7.05 Å². The third-order valence-corrected chi connectivity index (χ3v) is 4.57. The maximum Gasteiger partial charge on any atom is 0.237 e. The van der Waals surface area contributed by atoms with E-state index < -0.39 is 0 Å². The maximum atomic E-state index is 12.3. The van der Waals surface area contributed by atoms with Crippen molar-refractivity contribution in [1.29, 1.82) is 0 Å². The quantitative estimate of drug-likeness (QED) is 0.808. The molecular formula is C14H16N4OS. The first-order chi connectivity index (χ1) is 9.66. The number of anilines is 1. The van der Waals surface area contributed by atoms with E-state index in [1.807, 2.05) is 41.6 Å². The highest BCUT2D eigenvalue weighted by molar-refractivity contribution is 7.99. The minimum absolute atomic E-state index is 0.126. The van der Waals surface area contributed by atoms with Crippen LogP contribution in [0.4, 0.5) is 5.69 Å². The Balaban J connectivity index is 1.68. The first-order valence-electron chi connectivity index (χ1n) is 6.54. The average Bonchev–Trinajstić information content (AvgIpc) is 3.02. The molecule has 1 aliphatic rings. The molecule has 0 radical (unpaired) electrons. The molecular weight excluding hydrogens is 272 g/mol. The minimum atomic E-state index is 0.126. The van der Waals surface area contributed by atoms with E-state index in [-0.39, 0.29) is 5.91 Å². The molecule has 1 aromatic carbocycles. The summed E-state index contributed by atoms with van der Waals surface area (Å²) in [7, 11) is 1.91. The summed E-state index contributed by atoms with van der Waals surface area (Å²) in [6, 6.07) is 8.09. The molecule has 1 aromatic heterocycles. The van der Waals surface area contributed by atoms with Crippen LogP contribution in [0.1, 0.15) is 11.4 Å². The Hall–Kier alpha value is -1.82. The first-order valence-corrected chi connectivity index (χ1v) is 7.52. The van der Waals surface area contributed by atoms with Gasteiger partial charge in [0, 0.05) is 19.3 Å². The number of carbonyl (C=O) groups excluding carboxylic acids is 1. The van der Waals surface area contributed by atoms with Crippen molar-refractivity contribution in [2.75, 3.05) is 17.2 Å². The van der Waals surface area contributed by atoms with Crippen molar-refractivity contribution < 1.29 is 4.79 Å². The number of aromatic nitrogens is 3. The highest BCUT2D eigenvalue weighted by Crippen LogP contribution is 2.28. The normalized spacial score (nSPS) is 13.6. The third kappa shape index (κ3) is 2.31. The number of hydrogen-bond acceptors (Lipinski definition) is 4. The Morgan fingerprint density at radius 1 is 1.35 bits per heavy atom. The summed E-state index contributed by atoms with van der Waals surface area (Å²) in [5.74, 6) is 1.37. The Labute approximate surface area is 122 Å². The van der Waals surface area contributed by atoms with Gasteiger partial charge in [0.05, 0.1) is 5.75 Å². The molecule has 1 aliphatic heterocycles. The number of thioether (sulfide) groups is 1. The highest BCUT2D eigenvalue weighted by atomic mass is 32.2. The summed E-state index contributed by atoms with van der Waals surface area (Å²) in [4.78, 5) is 14.2. The van der Waals surface area contributed by atoms with Crippen LogP contribution in [0.3, 0.4) is 0 Å². The lowest BCUT2D eigenvalue weighted by Gasteiger charge is -2.16. The fourth-order valence-corrected chi connectivity index (χ4v) is 3.15. The highest BCUT2D eigenvalue weighted by Gasteiger charge is 2.24. The number of para-hydroxylation sites is 1. The molecule has 0 N–H and O–H groups in total. The van der Waals surface area contributed by atoms with Gasteiger partial charge in [0.25, 0.3) is 0 Å². The van der Waals surface area contributed by atoms with Crippen LogP contribution in [0.2, 0.25) is 0 Å². The number of aryl methyl sites for hydroxylation is 1. The van der Waals surface area contributed by atoms with E-state index in [1.54, 1.807) is 0 Å². The van der Waals surface area contributed by atoms with Crippen molar-refractivity contribution in [1.82, 2.24) is 14.8 Å². The molecule has 1 amide bonds. The van der Waals surface area contributed by atoms with Gasteiger partial charge >= 0.3 is 0 Å². The van der Waals surface area contributed by atoms with Crippen LogP contribution in [-0.4, -0.2) is 33.0 Å². The maximum absolute atomic E-state index is 12.3. The van der Waals surface area contributed by atoms with Crippen molar-refractivity contribution in [2.45, 2.75) is 18.5 Å². The van der Waals surface area contributed by atoms with Crippen LogP contribution < -0.4 is 4.90 Å². The molecule has 3 rings (SSSR count). The number of rotatable bonds is 3. The van der Waals surface area contributed by atoms with E-state index in [9.17, 15) is 4.79 Å². The summed E-state index contributed by atoms with van der Waals surface area (Å²) >= 11 is 1.44. The van der Waals surface area contributed by atoms with Gasteiger partial charge in [0.15, 0.2) is 5.16 Å². The molecule has 2 heterocycles. The fourth-order valence-electron chi connectivity index (χ4n) is 2.31. The van der Waals surface area contributed by atoms with E-state index in [1.165, 1.54) is 17.3 Å². The zero-order valence-electron chi connectivity index (χ0n) is 11.5. The molecule has 5 nitrogen and oxygen atoms in total. The smallest absolute Gasteiger partial charge is 0.237 e. The van der Waals surface area contributed by atoms with E-state index in [4.69, 9.17) is 0 Å². The second-order valence-electron chi connectivity index (χ2n) is 4.80. The Kier molecular flexibility index (Phi) is 3.48. The van der Waals surface area contributed by atoms with Crippen LogP contribution in [0, 0.1) is 6.92 Å². The van der Waals surface area contributed by atoms with Crippen LogP contribution in [0.25, 0.3) is 0 Å². The molecule has 6 heteroatoms. The molecule has 2 aromatic rings. The lowest BCUT2D eigenvalue weighted by atomic mass is 10.2. The van der Waals surface area contributed by atoms with Crippen molar-refractivity contribution in [3.8, 4) is 0 Å². The number of carbonyl (C=O) groups is 1. The van der Waals surface area contributed by atoms with Gasteiger partial charge in [-0.25, -0.2) is 0 Å². The van der Waals surface area contributed by atoms with Gasteiger partial charge in [-0.1, -0.05) is 30.0 Å². The van der Waals surface area contributed by atoms with Gasteiger partial charge < -0.3 is 9.47 Å². The van der Waals surface area contributed by atoms with E-state index in [2.05, 4.69) is 16.3 Å². The summed E-state index contributed by atoms with van der Waals surface area (Å²) in [6.45, 7) is 2.67. The van der Waals surface area contributed by atoms with Gasteiger partial charge in [-0.05, 0) is 25.0 Å². The van der Waals surface area contributed by atoms with E-state index in [0.29, 0.717) is 5.75 Å². The molecule has 104 valence electrons. The van der Waals surface area contributed by atoms with Gasteiger partial charge in [0.1, 0.15) is 5.82 Å². The second kappa shape index (κ2) is 5.28. The van der Waals surface area contributed by atoms with Crippen molar-refractivity contribution >= 4 is 23.4 Å². The number of nitrogens with zero attached hydrogens (tertiary/aromatic N) is 4. The summed E-state index contributed by atoms with van der Waals surface area (Å²) < 4.78 is 1.90. The molecule has 0 fully saturated rings. The average molecular weight is 288 g/mol. The second-order valence-corrected chi connectivity index (χ2v) is 5.74. The molecule has 0 aliphatic carbocycles. The van der Waals surface area contributed by atoms with Crippen LogP contribution >= 0.6 is 11.8 Å². The largest absolute Gasteiger partial charge is 0.311 e. The Morgan fingerprint density at radius 3 is 2.90 bits per heavy atom. The molecule has 0 saturated heterocycles. The molecule has 20 heavy (non-hydrogen) atoms. The summed E-state index contributed by atoms with van der Waals surface area (Å²) in [6.07, 6.45) is 0.940. The molecule has 0 saturated carbocycles. The molecule has 0 atom stereocenters. The summed E-state index contributed by atoms with van der Waals surface area (Å²) in [5.41, 5.74) is 2.30. The zero-order valence-corrected chi connectivity index (χ0v) is 12.4. The minimum Gasteiger partial charge on any atom is -0.311 e. The number of hydrogen-bond donors (Lipinski definition) is 0. The summed E-state index contributed by atoms with van der Waals surface area (Å²) in [5, 5.41) is 8.84. The molecule has 0 spiro atoms. The van der Waals surface area contributed by atoms with E-state index in [0.717, 1.165) is 29.6 Å². The molecule has 0 unspecified atom stereocenters. The van der Waals surface area contributed by atoms with Crippen LogP contribution in [0.15, 0.2) is 29.4 Å². The van der Waals surface area contributed by atoms with Gasteiger partial charge in [-0.3, -0.25) is 4.79 Å². The van der Waals surface area contributed by atoms with Crippen LogP contribution in [-0.2, 0) is 18.3 Å². The van der Waals surface area contributed by atoms with Crippen LogP contribution in [0.5, 0.6) is 0 Å². The predicted octanol–water partition coefficient (Wildman–Crippen LogP) is 1.80. The van der Waals surface area contributed by atoms with Crippen molar-refractivity contribution in [3.63, 3.8) is 0 Å². The number of fused-ring (bicyclic) bond motifs is 1. The topological polar surface area (TPSA) is 51.0 Å². The lowest BCUT2D eigenvalue weighted by Crippen LogP contribution is -2.30. The number of amides is 1. The monoisotopic (exact) mass is 288 g/mol. The number of benzene rings is 1. The van der Waals surface area contributed by atoms with E-state index >= 15 is 0 Å². The fraction of sp³-hybridized carbons (Fsp3) is 0.357. The zero-order chi connectivity index (χ0) is 14.1. The predicted molar refractivity (Wildman–Crippen MR) is 79.0 cm³/mol. The van der Waals surface area contributed by atoms with Gasteiger partial charge in [0.2, 0.25) is 5.91 Å². The van der Waals surface area contributed by atoms with Gasteiger partial charge in [-0.2, -0.15) is 0 Å². The third-order valence-electron chi connectivity index (χ3n) is 3.57. The Morgan fingerprint density at radius 2 is 2.15 bits per heavy atom. The lowest BCUT2D eigenvalue weighted by molar-refractivity contribution is -0.116. The Bertz CT molecular complexity index is 652. The first kappa shape index (κ1) is 13.2. The standard InChI is InChI=1S/C14H16N4OS/c1-10-15-16-14(17(10)2)20-9-13(19)18-8-7-11-5-3-4-6-12(11)18/h3-6H,7-9H2,1-2H3. The SMILES string of the molecule is Cc1nnc(SCC(=O)N2CCc3ccccc32)n1C. The van der Waals surface area contributed by atoms with Gasteiger partial charge in [-0.15, -0.1) is 10.2 Å².